The zero-order valence-electron chi connectivity index (χ0n) is 12.5. The number of amides is 1. The molecule has 0 radical (unpaired) electrons. The van der Waals surface area contributed by atoms with Crippen LogP contribution in [0.15, 0.2) is 0 Å². The maximum absolute atomic E-state index is 12.2. The lowest BCUT2D eigenvalue weighted by Gasteiger charge is -2.40. The van der Waals surface area contributed by atoms with Crippen molar-refractivity contribution in [3.8, 4) is 0 Å². The summed E-state index contributed by atoms with van der Waals surface area (Å²) >= 11 is 0. The highest BCUT2D eigenvalue weighted by Crippen LogP contribution is 2.31. The predicted molar refractivity (Wildman–Crippen MR) is 77.8 cm³/mol. The van der Waals surface area contributed by atoms with E-state index < -0.39 is 0 Å². The SMILES string of the molecule is CC1CCC(CN)C(N(C)CC(=O)N2CCCC2)C1. The summed E-state index contributed by atoms with van der Waals surface area (Å²) in [6, 6.07) is 0.486. The van der Waals surface area contributed by atoms with Gasteiger partial charge in [-0.05, 0) is 51.1 Å². The molecule has 1 aliphatic carbocycles. The predicted octanol–water partition coefficient (Wildman–Crippen LogP) is 1.30. The Morgan fingerprint density at radius 2 is 2.00 bits per heavy atom. The van der Waals surface area contributed by atoms with Crippen LogP contribution in [0.4, 0.5) is 0 Å². The summed E-state index contributed by atoms with van der Waals surface area (Å²) in [4.78, 5) is 16.5. The number of nitrogens with zero attached hydrogens (tertiary/aromatic N) is 2. The van der Waals surface area contributed by atoms with E-state index in [1.54, 1.807) is 0 Å². The first kappa shape index (κ1) is 14.8. The Bertz CT molecular complexity index is 302. The van der Waals surface area contributed by atoms with Gasteiger partial charge in [-0.15, -0.1) is 0 Å². The molecular weight excluding hydrogens is 238 g/mol. The summed E-state index contributed by atoms with van der Waals surface area (Å²) in [6.45, 7) is 5.53. The molecule has 110 valence electrons. The summed E-state index contributed by atoms with van der Waals surface area (Å²) in [5, 5.41) is 0. The lowest BCUT2D eigenvalue weighted by atomic mass is 9.78. The van der Waals surface area contributed by atoms with Crippen molar-refractivity contribution >= 4 is 5.91 Å². The molecular formula is C15H29N3O. The topological polar surface area (TPSA) is 49.6 Å². The largest absolute Gasteiger partial charge is 0.342 e. The van der Waals surface area contributed by atoms with Crippen LogP contribution in [-0.2, 0) is 4.79 Å². The summed E-state index contributed by atoms with van der Waals surface area (Å²) in [6.07, 6.45) is 6.02. The quantitative estimate of drug-likeness (QED) is 0.835. The normalized spacial score (nSPS) is 32.0. The average Bonchev–Trinajstić information content (AvgIpc) is 2.92. The van der Waals surface area contributed by atoms with Crippen LogP contribution in [0.5, 0.6) is 0 Å². The molecule has 0 aromatic carbocycles. The number of hydrogen-bond donors (Lipinski definition) is 1. The van der Waals surface area contributed by atoms with E-state index in [2.05, 4.69) is 18.9 Å². The third-order valence-corrected chi connectivity index (χ3v) is 4.93. The van der Waals surface area contributed by atoms with E-state index in [-0.39, 0.29) is 0 Å². The molecule has 1 saturated carbocycles. The Hall–Kier alpha value is -0.610. The fraction of sp³-hybridized carbons (Fsp3) is 0.933. The monoisotopic (exact) mass is 267 g/mol. The number of carbonyl (C=O) groups is 1. The van der Waals surface area contributed by atoms with E-state index in [1.807, 2.05) is 4.90 Å². The first-order valence-electron chi connectivity index (χ1n) is 7.80. The minimum atomic E-state index is 0.300. The Morgan fingerprint density at radius 1 is 1.32 bits per heavy atom. The highest BCUT2D eigenvalue weighted by atomic mass is 16.2. The second-order valence-corrected chi connectivity index (χ2v) is 6.48. The van der Waals surface area contributed by atoms with E-state index in [1.165, 1.54) is 32.1 Å². The molecule has 1 amide bonds. The fourth-order valence-corrected chi connectivity index (χ4v) is 3.63. The summed E-state index contributed by atoms with van der Waals surface area (Å²) in [5.41, 5.74) is 5.91. The molecule has 0 aromatic heterocycles. The molecule has 2 rings (SSSR count). The molecule has 1 aliphatic heterocycles. The van der Waals surface area contributed by atoms with Gasteiger partial charge in [-0.25, -0.2) is 0 Å². The van der Waals surface area contributed by atoms with Crippen LogP contribution in [0.1, 0.15) is 39.0 Å². The van der Waals surface area contributed by atoms with Crippen molar-refractivity contribution < 1.29 is 4.79 Å². The van der Waals surface area contributed by atoms with Crippen LogP contribution >= 0.6 is 0 Å². The fourth-order valence-electron chi connectivity index (χ4n) is 3.63. The highest BCUT2D eigenvalue weighted by molar-refractivity contribution is 5.78. The van der Waals surface area contributed by atoms with Gasteiger partial charge in [-0.1, -0.05) is 13.3 Å². The third kappa shape index (κ3) is 3.69. The van der Waals surface area contributed by atoms with Crippen molar-refractivity contribution in [2.24, 2.45) is 17.6 Å². The molecule has 19 heavy (non-hydrogen) atoms. The Balaban J connectivity index is 1.89. The van der Waals surface area contributed by atoms with E-state index in [0.717, 1.165) is 25.6 Å². The van der Waals surface area contributed by atoms with Gasteiger partial charge in [0, 0.05) is 19.1 Å². The Morgan fingerprint density at radius 3 is 2.63 bits per heavy atom. The van der Waals surface area contributed by atoms with Crippen molar-refractivity contribution in [1.29, 1.82) is 0 Å². The van der Waals surface area contributed by atoms with E-state index >= 15 is 0 Å². The summed E-state index contributed by atoms with van der Waals surface area (Å²) < 4.78 is 0. The molecule has 4 heteroatoms. The van der Waals surface area contributed by atoms with E-state index in [0.29, 0.717) is 24.4 Å². The number of likely N-dealkylation sites (N-methyl/N-ethyl adjacent to an activating group) is 1. The Labute approximate surface area is 117 Å². The maximum atomic E-state index is 12.2. The molecule has 1 heterocycles. The molecule has 0 aromatic rings. The zero-order valence-corrected chi connectivity index (χ0v) is 12.5. The maximum Gasteiger partial charge on any atom is 0.236 e. The molecule has 4 nitrogen and oxygen atoms in total. The van der Waals surface area contributed by atoms with Crippen LogP contribution in [0.2, 0.25) is 0 Å². The van der Waals surface area contributed by atoms with Crippen molar-refractivity contribution in [1.82, 2.24) is 9.80 Å². The first-order chi connectivity index (χ1) is 9.11. The van der Waals surface area contributed by atoms with Crippen LogP contribution in [0.25, 0.3) is 0 Å². The second kappa shape index (κ2) is 6.71. The molecule has 2 fully saturated rings. The summed E-state index contributed by atoms with van der Waals surface area (Å²) in [7, 11) is 2.10. The molecule has 0 spiro atoms. The number of rotatable bonds is 4. The first-order valence-corrected chi connectivity index (χ1v) is 7.80. The molecule has 0 bridgehead atoms. The van der Waals surface area contributed by atoms with Gasteiger partial charge in [0.15, 0.2) is 0 Å². The van der Waals surface area contributed by atoms with Gasteiger partial charge in [0.1, 0.15) is 0 Å². The van der Waals surface area contributed by atoms with Crippen molar-refractivity contribution in [3.05, 3.63) is 0 Å². The highest BCUT2D eigenvalue weighted by Gasteiger charge is 2.32. The van der Waals surface area contributed by atoms with E-state index in [4.69, 9.17) is 5.73 Å². The van der Waals surface area contributed by atoms with Gasteiger partial charge in [0.05, 0.1) is 6.54 Å². The van der Waals surface area contributed by atoms with Crippen molar-refractivity contribution in [2.45, 2.75) is 45.1 Å². The van der Waals surface area contributed by atoms with Gasteiger partial charge in [-0.3, -0.25) is 9.69 Å². The minimum absolute atomic E-state index is 0.300. The number of hydrogen-bond acceptors (Lipinski definition) is 3. The Kier molecular flexibility index (Phi) is 5.22. The second-order valence-electron chi connectivity index (χ2n) is 6.48. The van der Waals surface area contributed by atoms with E-state index in [9.17, 15) is 4.79 Å². The standard InChI is InChI=1S/C15H29N3O/c1-12-5-6-13(10-16)14(9-12)17(2)11-15(19)18-7-3-4-8-18/h12-14H,3-11,16H2,1-2H3. The van der Waals surface area contributed by atoms with Crippen LogP contribution in [0.3, 0.4) is 0 Å². The average molecular weight is 267 g/mol. The smallest absolute Gasteiger partial charge is 0.236 e. The van der Waals surface area contributed by atoms with Gasteiger partial charge >= 0.3 is 0 Å². The molecule has 1 saturated heterocycles. The number of likely N-dealkylation sites (tertiary alicyclic amines) is 1. The minimum Gasteiger partial charge on any atom is -0.342 e. The number of nitrogens with two attached hydrogens (primary N) is 1. The van der Waals surface area contributed by atoms with Crippen molar-refractivity contribution in [3.63, 3.8) is 0 Å². The molecule has 2 N–H and O–H groups in total. The molecule has 3 unspecified atom stereocenters. The lowest BCUT2D eigenvalue weighted by molar-refractivity contribution is -0.132. The van der Waals surface area contributed by atoms with Crippen LogP contribution < -0.4 is 5.73 Å². The van der Waals surface area contributed by atoms with Crippen LogP contribution in [0, 0.1) is 11.8 Å². The third-order valence-electron chi connectivity index (χ3n) is 4.93. The lowest BCUT2D eigenvalue weighted by Crippen LogP contribution is -2.48. The molecule has 3 atom stereocenters. The number of carbonyl (C=O) groups excluding carboxylic acids is 1. The van der Waals surface area contributed by atoms with Crippen molar-refractivity contribution in [2.75, 3.05) is 33.2 Å². The van der Waals surface area contributed by atoms with Gasteiger partial charge < -0.3 is 10.6 Å². The summed E-state index contributed by atoms with van der Waals surface area (Å²) in [5.74, 6) is 1.62. The van der Waals surface area contributed by atoms with Gasteiger partial charge in [0.25, 0.3) is 0 Å². The van der Waals surface area contributed by atoms with Gasteiger partial charge in [-0.2, -0.15) is 0 Å². The van der Waals surface area contributed by atoms with Gasteiger partial charge in [0.2, 0.25) is 5.91 Å². The van der Waals surface area contributed by atoms with Crippen LogP contribution in [-0.4, -0.2) is 55.0 Å². The molecule has 2 aliphatic rings. The zero-order chi connectivity index (χ0) is 13.8.